The Morgan fingerprint density at radius 3 is 2.87 bits per heavy atom. The van der Waals surface area contributed by atoms with Crippen LogP contribution in [0.3, 0.4) is 0 Å². The third-order valence-corrected chi connectivity index (χ3v) is 4.68. The number of nitrogens with zero attached hydrogens (tertiary/aromatic N) is 2. The fourth-order valence-corrected chi connectivity index (χ4v) is 3.21. The lowest BCUT2D eigenvalue weighted by atomic mass is 9.95. The Balaban J connectivity index is 1.69. The van der Waals surface area contributed by atoms with Crippen LogP contribution in [0.1, 0.15) is 31.4 Å². The molecule has 0 spiro atoms. The van der Waals surface area contributed by atoms with E-state index in [0.29, 0.717) is 6.04 Å². The molecule has 2 rings (SSSR count). The maximum atomic E-state index is 4.03. The first-order valence-electron chi connectivity index (χ1n) is 5.40. The van der Waals surface area contributed by atoms with E-state index in [1.165, 1.54) is 37.2 Å². The minimum absolute atomic E-state index is 0.690. The van der Waals surface area contributed by atoms with Crippen molar-refractivity contribution >= 4 is 23.3 Å². The molecule has 0 aromatic carbocycles. The average Bonchev–Trinajstić information content (AvgIpc) is 2.80. The molecule has 3 nitrogen and oxygen atoms in total. The number of aromatic nitrogens is 2. The summed E-state index contributed by atoms with van der Waals surface area (Å²) in [5.74, 6) is 0. The van der Waals surface area contributed by atoms with Gasteiger partial charge in [0, 0.05) is 23.2 Å². The van der Waals surface area contributed by atoms with Crippen molar-refractivity contribution in [3.8, 4) is 0 Å². The van der Waals surface area contributed by atoms with Crippen molar-refractivity contribution in [3.63, 3.8) is 0 Å². The summed E-state index contributed by atoms with van der Waals surface area (Å²) in [6.07, 6.45) is 7.55. The molecule has 1 saturated carbocycles. The molecule has 0 bridgehead atoms. The SMILES string of the molecule is CSC1CCC(NCc2csnn2)CC1. The summed E-state index contributed by atoms with van der Waals surface area (Å²) in [6.45, 7) is 0.880. The molecule has 1 aromatic rings. The third-order valence-electron chi connectivity index (χ3n) is 2.98. The monoisotopic (exact) mass is 243 g/mol. The zero-order chi connectivity index (χ0) is 10.5. The van der Waals surface area contributed by atoms with Crippen LogP contribution >= 0.6 is 23.3 Å². The highest BCUT2D eigenvalue weighted by atomic mass is 32.2. The Morgan fingerprint density at radius 1 is 1.47 bits per heavy atom. The fourth-order valence-electron chi connectivity index (χ4n) is 2.01. The average molecular weight is 243 g/mol. The van der Waals surface area contributed by atoms with E-state index in [9.17, 15) is 0 Å². The van der Waals surface area contributed by atoms with Gasteiger partial charge in [-0.2, -0.15) is 11.8 Å². The van der Waals surface area contributed by atoms with E-state index in [1.54, 1.807) is 0 Å². The molecule has 0 radical (unpaired) electrons. The highest BCUT2D eigenvalue weighted by molar-refractivity contribution is 7.99. The van der Waals surface area contributed by atoms with Gasteiger partial charge in [-0.15, -0.1) is 5.10 Å². The number of hydrogen-bond acceptors (Lipinski definition) is 5. The molecule has 84 valence electrons. The van der Waals surface area contributed by atoms with Gasteiger partial charge < -0.3 is 5.32 Å². The van der Waals surface area contributed by atoms with E-state index < -0.39 is 0 Å². The summed E-state index contributed by atoms with van der Waals surface area (Å²) in [5.41, 5.74) is 1.08. The molecular formula is C10H17N3S2. The van der Waals surface area contributed by atoms with E-state index in [-0.39, 0.29) is 0 Å². The molecule has 1 N–H and O–H groups in total. The predicted molar refractivity (Wildman–Crippen MR) is 66.3 cm³/mol. The van der Waals surface area contributed by atoms with Crippen LogP contribution in [0.4, 0.5) is 0 Å². The molecule has 1 heterocycles. The van der Waals surface area contributed by atoms with Crippen LogP contribution in [0.25, 0.3) is 0 Å². The zero-order valence-electron chi connectivity index (χ0n) is 8.98. The quantitative estimate of drug-likeness (QED) is 0.880. The molecule has 1 aliphatic rings. The largest absolute Gasteiger partial charge is 0.308 e. The highest BCUT2D eigenvalue weighted by Gasteiger charge is 2.19. The fraction of sp³-hybridized carbons (Fsp3) is 0.800. The van der Waals surface area contributed by atoms with Gasteiger partial charge in [-0.1, -0.05) is 4.49 Å². The molecule has 1 aliphatic carbocycles. The summed E-state index contributed by atoms with van der Waals surface area (Å²) in [5, 5.41) is 10.5. The molecule has 0 atom stereocenters. The first kappa shape index (κ1) is 11.4. The predicted octanol–water partition coefficient (Wildman–Crippen LogP) is 2.30. The summed E-state index contributed by atoms with van der Waals surface area (Å²) >= 11 is 3.44. The van der Waals surface area contributed by atoms with Crippen LogP contribution in [-0.2, 0) is 6.54 Å². The maximum Gasteiger partial charge on any atom is 0.0893 e. The molecular weight excluding hydrogens is 226 g/mol. The summed E-state index contributed by atoms with van der Waals surface area (Å²) in [4.78, 5) is 0. The standard InChI is InChI=1S/C10H17N3S2/c1-14-10-4-2-8(3-5-10)11-6-9-7-15-13-12-9/h7-8,10-11H,2-6H2,1H3. The second kappa shape index (κ2) is 5.82. The van der Waals surface area contributed by atoms with Crippen molar-refractivity contribution in [1.29, 1.82) is 0 Å². The number of rotatable bonds is 4. The van der Waals surface area contributed by atoms with Gasteiger partial charge in [-0.05, 0) is 43.5 Å². The second-order valence-corrected chi connectivity index (χ2v) is 5.73. The van der Waals surface area contributed by atoms with E-state index in [1.807, 2.05) is 17.1 Å². The van der Waals surface area contributed by atoms with Crippen molar-refractivity contribution in [2.75, 3.05) is 6.26 Å². The molecule has 5 heteroatoms. The van der Waals surface area contributed by atoms with Crippen LogP contribution in [-0.4, -0.2) is 27.1 Å². The first-order valence-corrected chi connectivity index (χ1v) is 7.53. The highest BCUT2D eigenvalue weighted by Crippen LogP contribution is 2.26. The molecule has 0 aliphatic heterocycles. The van der Waals surface area contributed by atoms with Crippen LogP contribution in [0.15, 0.2) is 5.38 Å². The smallest absolute Gasteiger partial charge is 0.0893 e. The van der Waals surface area contributed by atoms with E-state index in [0.717, 1.165) is 17.5 Å². The lowest BCUT2D eigenvalue weighted by Crippen LogP contribution is -2.33. The van der Waals surface area contributed by atoms with E-state index in [2.05, 4.69) is 21.2 Å². The van der Waals surface area contributed by atoms with Gasteiger partial charge in [0.25, 0.3) is 0 Å². The van der Waals surface area contributed by atoms with Crippen LogP contribution in [0.5, 0.6) is 0 Å². The van der Waals surface area contributed by atoms with Crippen LogP contribution < -0.4 is 5.32 Å². The minimum atomic E-state index is 0.690. The van der Waals surface area contributed by atoms with Gasteiger partial charge in [0.1, 0.15) is 0 Å². The minimum Gasteiger partial charge on any atom is -0.308 e. The third kappa shape index (κ3) is 3.43. The first-order chi connectivity index (χ1) is 7.38. The Morgan fingerprint density at radius 2 is 2.27 bits per heavy atom. The zero-order valence-corrected chi connectivity index (χ0v) is 10.6. The molecule has 1 fully saturated rings. The Bertz CT molecular complexity index is 268. The van der Waals surface area contributed by atoms with Crippen LogP contribution in [0.2, 0.25) is 0 Å². The van der Waals surface area contributed by atoms with E-state index in [4.69, 9.17) is 0 Å². The van der Waals surface area contributed by atoms with Gasteiger partial charge in [0.05, 0.1) is 5.69 Å². The van der Waals surface area contributed by atoms with Crippen LogP contribution in [0, 0.1) is 0 Å². The van der Waals surface area contributed by atoms with Crippen molar-refractivity contribution < 1.29 is 0 Å². The van der Waals surface area contributed by atoms with Crippen molar-refractivity contribution in [2.45, 2.75) is 43.5 Å². The van der Waals surface area contributed by atoms with Gasteiger partial charge >= 0.3 is 0 Å². The van der Waals surface area contributed by atoms with Crippen molar-refractivity contribution in [2.24, 2.45) is 0 Å². The lowest BCUT2D eigenvalue weighted by molar-refractivity contribution is 0.377. The second-order valence-electron chi connectivity index (χ2n) is 3.99. The normalized spacial score (nSPS) is 26.7. The van der Waals surface area contributed by atoms with E-state index >= 15 is 0 Å². The number of hydrogen-bond donors (Lipinski definition) is 1. The Kier molecular flexibility index (Phi) is 4.41. The number of thioether (sulfide) groups is 1. The topological polar surface area (TPSA) is 37.8 Å². The molecule has 0 saturated heterocycles. The van der Waals surface area contributed by atoms with Gasteiger partial charge in [0.15, 0.2) is 0 Å². The van der Waals surface area contributed by atoms with Gasteiger partial charge in [0.2, 0.25) is 0 Å². The van der Waals surface area contributed by atoms with Crippen molar-refractivity contribution in [3.05, 3.63) is 11.1 Å². The Hall–Kier alpha value is -0.130. The molecule has 0 unspecified atom stereocenters. The Labute approximate surface area is 99.2 Å². The summed E-state index contributed by atoms with van der Waals surface area (Å²) in [7, 11) is 0. The molecule has 15 heavy (non-hydrogen) atoms. The lowest BCUT2D eigenvalue weighted by Gasteiger charge is -2.27. The number of nitrogens with one attached hydrogen (secondary N) is 1. The maximum absolute atomic E-state index is 4.03. The van der Waals surface area contributed by atoms with Crippen molar-refractivity contribution in [1.82, 2.24) is 14.9 Å². The van der Waals surface area contributed by atoms with Gasteiger partial charge in [-0.3, -0.25) is 0 Å². The molecule has 1 aromatic heterocycles. The summed E-state index contributed by atoms with van der Waals surface area (Å²) < 4.78 is 3.86. The molecule has 0 amide bonds. The van der Waals surface area contributed by atoms with Gasteiger partial charge in [-0.25, -0.2) is 0 Å². The summed E-state index contributed by atoms with van der Waals surface area (Å²) in [6, 6.07) is 0.690.